The molecule has 6 N–H and O–H groups in total. The zero-order chi connectivity index (χ0) is 49.2. The molecule has 0 radical (unpaired) electrons. The Hall–Kier alpha value is -0.174. The number of ether oxygens (including phenoxy) is 4. The van der Waals surface area contributed by atoms with Gasteiger partial charge < -0.3 is 50.3 Å². The number of alkyl halides is 1. The molecule has 0 aromatic carbocycles. The van der Waals surface area contributed by atoms with Crippen molar-refractivity contribution in [2.75, 3.05) is 37.9 Å². The van der Waals surface area contributed by atoms with Gasteiger partial charge in [0.1, 0.15) is 6.42 Å². The summed E-state index contributed by atoms with van der Waals surface area (Å²) < 4.78 is 119. The monoisotopic (exact) mass is 903 g/mol. The molecule has 0 amide bonds. The van der Waals surface area contributed by atoms with Gasteiger partial charge in [-0.1, -0.05) is 43.2 Å². The maximum Gasteiger partial charge on any atom is 1.00 e. The van der Waals surface area contributed by atoms with Crippen LogP contribution in [-0.2, 0) is 52.5 Å². The number of hydrogen-bond acceptors (Lipinski definition) is 13. The van der Waals surface area contributed by atoms with Crippen LogP contribution in [0.15, 0.2) is 0 Å². The average Bonchev–Trinajstić information content (AvgIpc) is 2.98. The van der Waals surface area contributed by atoms with E-state index >= 15 is 0 Å². The molecule has 0 aromatic heterocycles. The summed E-state index contributed by atoms with van der Waals surface area (Å²) in [5.74, 6) is -11.1. The van der Waals surface area contributed by atoms with Gasteiger partial charge in [-0.05, 0) is 60.1 Å². The smallest absolute Gasteiger partial charge is 0.870 e. The second-order valence-corrected chi connectivity index (χ2v) is 7.15. The predicted molar refractivity (Wildman–Crippen MR) is 180 cm³/mol. The van der Waals surface area contributed by atoms with E-state index in [0.29, 0.717) is 6.92 Å². The first kappa shape index (κ1) is 40.0. The summed E-state index contributed by atoms with van der Waals surface area (Å²) in [4.78, 5) is 73.5. The normalized spacial score (nSPS) is 14.3. The summed E-state index contributed by atoms with van der Waals surface area (Å²) in [7, 11) is 0. The third-order valence-electron chi connectivity index (χ3n) is 3.37. The fourth-order valence-electron chi connectivity index (χ4n) is 1.27. The molecule has 0 bridgehead atoms. The Labute approximate surface area is 395 Å². The van der Waals surface area contributed by atoms with Crippen molar-refractivity contribution in [1.82, 2.24) is 0 Å². The zero-order valence-corrected chi connectivity index (χ0v) is 36.9. The molecule has 0 aliphatic rings. The van der Waals surface area contributed by atoms with E-state index in [1.807, 2.05) is 0 Å². The van der Waals surface area contributed by atoms with Crippen LogP contribution >= 0.6 is 35.0 Å². The molecule has 0 aromatic rings. The van der Waals surface area contributed by atoms with Gasteiger partial charge in [0.05, 0.1) is 32.3 Å². The fraction of sp³-hybridized carbons (Fsp3) is 0.750. The van der Waals surface area contributed by atoms with Crippen molar-refractivity contribution in [3.63, 3.8) is 0 Å². The minimum atomic E-state index is -3.05. The Morgan fingerprint density at radius 2 is 1.00 bits per heavy atom. The van der Waals surface area contributed by atoms with Crippen LogP contribution in [-0.4, -0.2) is 106 Å². The summed E-state index contributed by atoms with van der Waals surface area (Å²) in [5, 5.41) is 34.1. The van der Waals surface area contributed by atoms with Crippen LogP contribution in [0.2, 0.25) is 0 Å². The Kier molecular flexibility index (Phi) is 40.8. The molecule has 0 saturated carbocycles. The first-order chi connectivity index (χ1) is 26.0. The van der Waals surface area contributed by atoms with Crippen molar-refractivity contribution in [1.29, 1.82) is 0 Å². The minimum Gasteiger partial charge on any atom is -0.870 e. The van der Waals surface area contributed by atoms with Gasteiger partial charge in [0.2, 0.25) is 0 Å². The molecular weight excluding hydrogens is 833 g/mol. The van der Waals surface area contributed by atoms with Crippen molar-refractivity contribution >= 4 is 76.8 Å². The first-order valence-corrected chi connectivity index (χ1v) is 13.2. The van der Waals surface area contributed by atoms with Gasteiger partial charge in [0.15, 0.2) is 10.8 Å². The van der Waals surface area contributed by atoms with E-state index in [-0.39, 0.29) is 144 Å². The molecule has 49 heavy (non-hydrogen) atoms. The molecule has 17 nitrogen and oxygen atoms in total. The SMILES string of the molecule is CCOC(=O)CC(=O)OCC.CC[O-].Cl.O.[2H]C([2H])([2H])C(C(=O)O)C([2H])([2H])[2H].[2H]C([2H])([2H])C(C)(C(=O)O)C(=O)O.[2H]C([2H])([2H])C(C)(C(=O)OCC)C(=O)OCC.[2H]C([2H])([2H])I.[K+].[Na+].[OH-]. The molecule has 0 aliphatic heterocycles. The molecule has 21 heteroatoms. The molecule has 0 atom stereocenters. The van der Waals surface area contributed by atoms with Crippen LogP contribution < -0.4 is 86.0 Å². The number of aliphatic carboxylic acids is 3. The quantitative estimate of drug-likeness (QED) is 0.0451. The van der Waals surface area contributed by atoms with E-state index in [9.17, 15) is 33.6 Å². The van der Waals surface area contributed by atoms with Gasteiger partial charge in [-0.15, -0.1) is 19.0 Å². The molecule has 286 valence electrons. The molecule has 0 aliphatic carbocycles. The van der Waals surface area contributed by atoms with E-state index in [4.69, 9.17) is 41.0 Å². The number of hydrogen-bond donors (Lipinski definition) is 3. The maximum atomic E-state index is 11.5. The van der Waals surface area contributed by atoms with Crippen molar-refractivity contribution in [3.05, 3.63) is 0 Å². The topological polar surface area (TPSA) is 302 Å². The molecular formula is C28H56ClIKNaO17. The van der Waals surface area contributed by atoms with Gasteiger partial charge >= 0.3 is 123 Å². The Morgan fingerprint density at radius 1 is 0.735 bits per heavy atom. The van der Waals surface area contributed by atoms with Gasteiger partial charge in [0.25, 0.3) is 0 Å². The Morgan fingerprint density at radius 3 is 1.12 bits per heavy atom. The summed E-state index contributed by atoms with van der Waals surface area (Å²) in [6, 6.07) is 0. The standard InChI is InChI=1S/C9H16O4.C7H12O4.C5H8O4.C4H8O2.C2H5O.CH3I.ClH.K.Na.2H2O/c1-5-12-7(10)9(3,4)8(11)13-6-2;1-3-10-6(8)5-7(9)11-4-2;1-5(2,3(6)7)4(8)9;1-3(2)4(5)6;1-2-3;1-2;;;;;/h5-6H2,1-4H3;3-5H2,1-2H3;1-2H3,(H,6,7)(H,8,9);3H,1-2H3,(H,5,6);2H2,1H3;1H3;1H;;;2*1H2/q;;;;-1;;;2*+1;;/p-1/i3D3;;1D3;1D3,2D3;;1D3;;;;;. The van der Waals surface area contributed by atoms with E-state index < -0.39 is 90.8 Å². The van der Waals surface area contributed by atoms with E-state index in [2.05, 4.69) is 18.9 Å². The van der Waals surface area contributed by atoms with Crippen molar-refractivity contribution < 1.29 is 185 Å². The van der Waals surface area contributed by atoms with E-state index in [1.54, 1.807) is 20.8 Å². The van der Waals surface area contributed by atoms with Gasteiger partial charge in [0, 0.05) is 20.6 Å². The third-order valence-corrected chi connectivity index (χ3v) is 3.37. The molecule has 0 rings (SSSR count). The molecule has 0 fully saturated rings. The largest absolute Gasteiger partial charge is 1.00 e. The van der Waals surface area contributed by atoms with Crippen LogP contribution in [0.5, 0.6) is 0 Å². The number of carboxylic acids is 3. The van der Waals surface area contributed by atoms with Gasteiger partial charge in [-0.3, -0.25) is 33.6 Å². The second kappa shape index (κ2) is 49.9. The average molecular weight is 904 g/mol. The number of rotatable bonds is 11. The second-order valence-electron chi connectivity index (χ2n) is 7.15. The van der Waals surface area contributed by atoms with Crippen LogP contribution in [0, 0.1) is 16.7 Å². The van der Waals surface area contributed by atoms with Crippen molar-refractivity contribution in [3.8, 4) is 0 Å². The number of halogens is 2. The third kappa shape index (κ3) is 52.3. The number of carboxylic acid groups (broad SMARTS) is 3. The summed E-state index contributed by atoms with van der Waals surface area (Å²) in [5.41, 5.74) is -4.99. The number of carbonyl (C=O) groups excluding carboxylic acids is 4. The van der Waals surface area contributed by atoms with Gasteiger partial charge in [-0.25, -0.2) is 0 Å². The van der Waals surface area contributed by atoms with Crippen LogP contribution in [0.3, 0.4) is 0 Å². The fourth-order valence-corrected chi connectivity index (χ4v) is 1.27. The van der Waals surface area contributed by atoms with Crippen molar-refractivity contribution in [2.24, 2.45) is 16.7 Å². The first-order valence-electron chi connectivity index (χ1n) is 19.7. The summed E-state index contributed by atoms with van der Waals surface area (Å²) in [6.07, 6.45) is -0.290. The molecule has 0 unspecified atom stereocenters. The van der Waals surface area contributed by atoms with Crippen molar-refractivity contribution in [2.45, 2.75) is 82.3 Å². The minimum absolute atomic E-state index is 0. The summed E-state index contributed by atoms with van der Waals surface area (Å²) in [6.45, 7) is -1.58. The number of esters is 4. The Bertz CT molecular complexity index is 1250. The molecule has 0 saturated heterocycles. The summed E-state index contributed by atoms with van der Waals surface area (Å²) >= 11 is 1.38. The van der Waals surface area contributed by atoms with Crippen LogP contribution in [0.1, 0.15) is 103 Å². The van der Waals surface area contributed by atoms with E-state index in [1.165, 1.54) is 36.4 Å². The number of carbonyl (C=O) groups is 7. The molecule has 0 heterocycles. The van der Waals surface area contributed by atoms with Gasteiger partial charge in [-0.2, -0.15) is 0 Å². The Balaban J connectivity index is -0.0000000604. The van der Waals surface area contributed by atoms with Crippen LogP contribution in [0.4, 0.5) is 0 Å². The molecule has 0 spiro atoms. The van der Waals surface area contributed by atoms with E-state index in [0.717, 1.165) is 6.92 Å². The maximum absolute atomic E-state index is 11.5. The zero-order valence-electron chi connectivity index (χ0n) is 43.8. The predicted octanol–water partition coefficient (Wildman–Crippen LogP) is -3.60. The van der Waals surface area contributed by atoms with Crippen LogP contribution in [0.25, 0.3) is 0 Å².